The number of thioether (sulfide) groups is 1. The molecule has 0 aliphatic carbocycles. The summed E-state index contributed by atoms with van der Waals surface area (Å²) in [7, 11) is -3.32. The highest BCUT2D eigenvalue weighted by molar-refractivity contribution is 8.01. The molecule has 0 bridgehead atoms. The van der Waals surface area contributed by atoms with E-state index in [4.69, 9.17) is 5.73 Å². The van der Waals surface area contributed by atoms with Gasteiger partial charge in [-0.15, -0.1) is 11.8 Å². The predicted octanol–water partition coefficient (Wildman–Crippen LogP) is 2.20. The highest BCUT2D eigenvalue weighted by Gasteiger charge is 2.25. The molecule has 23 heavy (non-hydrogen) atoms. The second kappa shape index (κ2) is 8.17. The topological polar surface area (TPSA) is 89.3 Å². The van der Waals surface area contributed by atoms with Gasteiger partial charge in [-0.3, -0.25) is 4.79 Å². The summed E-state index contributed by atoms with van der Waals surface area (Å²) < 4.78 is 24.7. The second-order valence-corrected chi connectivity index (χ2v) is 9.56. The zero-order valence-corrected chi connectivity index (χ0v) is 15.8. The smallest absolute Gasteiger partial charge is 0.233 e. The minimum absolute atomic E-state index is 0.103. The number of nitrogens with one attached hydrogen (secondary N) is 1. The van der Waals surface area contributed by atoms with Gasteiger partial charge in [0.2, 0.25) is 5.91 Å². The summed E-state index contributed by atoms with van der Waals surface area (Å²) in [4.78, 5) is 13.2. The molecule has 0 saturated carbocycles. The number of amides is 1. The van der Waals surface area contributed by atoms with Gasteiger partial charge in [0.1, 0.15) is 0 Å². The molecule has 0 fully saturated rings. The lowest BCUT2D eigenvalue weighted by Gasteiger charge is -2.26. The third kappa shape index (κ3) is 5.82. The van der Waals surface area contributed by atoms with Crippen LogP contribution in [0, 0.1) is 0 Å². The number of carbonyl (C=O) groups is 1. The lowest BCUT2D eigenvalue weighted by Crippen LogP contribution is -2.51. The molecule has 5 nitrogen and oxygen atoms in total. The van der Waals surface area contributed by atoms with Crippen molar-refractivity contribution in [1.29, 1.82) is 0 Å². The summed E-state index contributed by atoms with van der Waals surface area (Å²) >= 11 is 1.25. The van der Waals surface area contributed by atoms with E-state index in [1.54, 1.807) is 31.2 Å². The maximum Gasteiger partial charge on any atom is 0.233 e. The summed E-state index contributed by atoms with van der Waals surface area (Å²) in [6.45, 7) is 7.62. The first-order valence-electron chi connectivity index (χ1n) is 7.63. The lowest BCUT2D eigenvalue weighted by atomic mass is 10.1. The number of benzene rings is 1. The first kappa shape index (κ1) is 20.0. The fourth-order valence-corrected chi connectivity index (χ4v) is 4.74. The number of hydrogen-bond acceptors (Lipinski definition) is 5. The zero-order valence-electron chi connectivity index (χ0n) is 14.1. The summed E-state index contributed by atoms with van der Waals surface area (Å²) in [6, 6.07) is 6.82. The third-order valence-electron chi connectivity index (χ3n) is 3.30. The first-order valence-corrected chi connectivity index (χ1v) is 10.2. The van der Waals surface area contributed by atoms with E-state index >= 15 is 0 Å². The summed E-state index contributed by atoms with van der Waals surface area (Å²) in [5, 5.41) is 2.46. The van der Waals surface area contributed by atoms with Crippen LogP contribution in [0.3, 0.4) is 0 Å². The van der Waals surface area contributed by atoms with Crippen LogP contribution in [0.4, 0.5) is 0 Å². The molecular formula is C16H26N2O3S2. The average Bonchev–Trinajstić information content (AvgIpc) is 2.47. The maximum atomic E-state index is 12.3. The highest BCUT2D eigenvalue weighted by atomic mass is 32.2. The van der Waals surface area contributed by atoms with Crippen molar-refractivity contribution in [2.75, 3.05) is 12.3 Å². The van der Waals surface area contributed by atoms with Gasteiger partial charge in [-0.2, -0.15) is 0 Å². The van der Waals surface area contributed by atoms with Crippen LogP contribution in [0.1, 0.15) is 34.1 Å². The van der Waals surface area contributed by atoms with Crippen LogP contribution in [0.25, 0.3) is 0 Å². The molecule has 0 saturated heterocycles. The predicted molar refractivity (Wildman–Crippen MR) is 95.4 cm³/mol. The van der Waals surface area contributed by atoms with Crippen LogP contribution in [-0.2, 0) is 14.6 Å². The van der Waals surface area contributed by atoms with Crippen LogP contribution in [0.15, 0.2) is 34.1 Å². The van der Waals surface area contributed by atoms with Gasteiger partial charge in [-0.05, 0) is 39.3 Å². The molecule has 1 atom stereocenters. The van der Waals surface area contributed by atoms with Crippen LogP contribution in [-0.4, -0.2) is 37.4 Å². The maximum absolute atomic E-state index is 12.3. The van der Waals surface area contributed by atoms with Gasteiger partial charge in [-0.25, -0.2) is 8.42 Å². The molecule has 0 heterocycles. The summed E-state index contributed by atoms with van der Waals surface area (Å²) in [5.41, 5.74) is 5.13. The van der Waals surface area contributed by atoms with Gasteiger partial charge >= 0.3 is 0 Å². The molecule has 0 spiro atoms. The van der Waals surface area contributed by atoms with Crippen LogP contribution >= 0.6 is 11.8 Å². The minimum Gasteiger partial charge on any atom is -0.349 e. The van der Waals surface area contributed by atoms with Crippen LogP contribution < -0.4 is 11.1 Å². The molecule has 0 aromatic heterocycles. The monoisotopic (exact) mass is 358 g/mol. The summed E-state index contributed by atoms with van der Waals surface area (Å²) in [6.07, 6.45) is 0.558. The first-order chi connectivity index (χ1) is 10.6. The van der Waals surface area contributed by atoms with Crippen molar-refractivity contribution in [1.82, 2.24) is 5.32 Å². The number of hydrogen-bond donors (Lipinski definition) is 2. The van der Waals surface area contributed by atoms with Crippen molar-refractivity contribution in [2.24, 2.45) is 5.73 Å². The fraction of sp³-hybridized carbons (Fsp3) is 0.562. The van der Waals surface area contributed by atoms with E-state index in [2.05, 4.69) is 5.32 Å². The summed E-state index contributed by atoms with van der Waals surface area (Å²) in [5.74, 6) is -0.0566. The minimum atomic E-state index is -3.32. The number of carbonyl (C=O) groups excluding carboxylic acids is 1. The van der Waals surface area contributed by atoms with Gasteiger partial charge in [0, 0.05) is 17.0 Å². The second-order valence-electron chi connectivity index (χ2n) is 6.10. The van der Waals surface area contributed by atoms with E-state index in [1.165, 1.54) is 11.8 Å². The molecule has 3 N–H and O–H groups in total. The van der Waals surface area contributed by atoms with Crippen molar-refractivity contribution in [2.45, 2.75) is 54.7 Å². The molecule has 1 aromatic rings. The molecule has 1 rings (SSSR count). The SMILES string of the molecule is CCCS(=O)(=O)c1ccccc1SC(C)C(=O)NC(C)(C)CN. The molecule has 7 heteroatoms. The Hall–Kier alpha value is -1.05. The standard InChI is InChI=1S/C16H26N2O3S2/c1-5-10-23(20,21)14-9-7-6-8-13(14)22-12(2)15(19)18-16(3,4)11-17/h6-9,12H,5,10-11,17H2,1-4H3,(H,18,19). The molecule has 1 unspecified atom stereocenters. The molecule has 0 aliphatic rings. The molecular weight excluding hydrogens is 332 g/mol. The molecule has 0 aliphatic heterocycles. The quantitative estimate of drug-likeness (QED) is 0.696. The van der Waals surface area contributed by atoms with E-state index in [9.17, 15) is 13.2 Å². The van der Waals surface area contributed by atoms with Gasteiger partial charge in [0.15, 0.2) is 9.84 Å². The average molecular weight is 359 g/mol. The van der Waals surface area contributed by atoms with E-state index < -0.39 is 20.6 Å². The van der Waals surface area contributed by atoms with Crippen molar-refractivity contribution in [3.05, 3.63) is 24.3 Å². The molecule has 130 valence electrons. The Labute approximate surface area is 143 Å². The zero-order chi connectivity index (χ0) is 17.7. The van der Waals surface area contributed by atoms with Crippen LogP contribution in [0.5, 0.6) is 0 Å². The van der Waals surface area contributed by atoms with Crippen molar-refractivity contribution in [3.8, 4) is 0 Å². The Morgan fingerprint density at radius 2 is 1.96 bits per heavy atom. The Bertz CT molecular complexity index is 642. The van der Waals surface area contributed by atoms with E-state index in [-0.39, 0.29) is 11.7 Å². The largest absolute Gasteiger partial charge is 0.349 e. The van der Waals surface area contributed by atoms with E-state index in [0.717, 1.165) is 0 Å². The Balaban J connectivity index is 2.96. The van der Waals surface area contributed by atoms with Gasteiger partial charge < -0.3 is 11.1 Å². The van der Waals surface area contributed by atoms with Crippen molar-refractivity contribution in [3.63, 3.8) is 0 Å². The molecule has 1 aromatic carbocycles. The van der Waals surface area contributed by atoms with Crippen molar-refractivity contribution < 1.29 is 13.2 Å². The Morgan fingerprint density at radius 1 is 1.35 bits per heavy atom. The van der Waals surface area contributed by atoms with Crippen LogP contribution in [0.2, 0.25) is 0 Å². The fourth-order valence-electron chi connectivity index (χ4n) is 1.91. The normalized spacial score (nSPS) is 13.6. The number of sulfone groups is 1. The van der Waals surface area contributed by atoms with Gasteiger partial charge in [0.25, 0.3) is 0 Å². The highest BCUT2D eigenvalue weighted by Crippen LogP contribution is 2.31. The van der Waals surface area contributed by atoms with E-state index in [0.29, 0.717) is 22.8 Å². The third-order valence-corrected chi connectivity index (χ3v) is 6.58. The van der Waals surface area contributed by atoms with E-state index in [1.807, 2.05) is 20.8 Å². The Morgan fingerprint density at radius 3 is 2.52 bits per heavy atom. The number of rotatable bonds is 8. The molecule has 1 amide bonds. The van der Waals surface area contributed by atoms with Crippen molar-refractivity contribution >= 4 is 27.5 Å². The van der Waals surface area contributed by atoms with Gasteiger partial charge in [-0.1, -0.05) is 19.1 Å². The Kier molecular flexibility index (Phi) is 7.10. The van der Waals surface area contributed by atoms with Gasteiger partial charge in [0.05, 0.1) is 15.9 Å². The lowest BCUT2D eigenvalue weighted by molar-refractivity contribution is -0.121. The number of nitrogens with two attached hydrogens (primary N) is 1. The molecule has 0 radical (unpaired) electrons.